The van der Waals surface area contributed by atoms with E-state index in [0.29, 0.717) is 32.7 Å². The molecular weight excluding hydrogens is 549 g/mol. The second kappa shape index (κ2) is 12.4. The molecule has 1 N–H and O–H groups in total. The summed E-state index contributed by atoms with van der Waals surface area (Å²) in [6, 6.07) is 15.4. The molecule has 12 heteroatoms. The maximum absolute atomic E-state index is 13.4. The monoisotopic (exact) mass is 569 g/mol. The number of nitrogens with one attached hydrogen (secondary N) is 1. The third-order valence-electron chi connectivity index (χ3n) is 4.97. The molecule has 0 spiro atoms. The normalized spacial score (nSPS) is 11.6. The second-order valence-electron chi connectivity index (χ2n) is 7.36. The molecule has 1 amide bonds. The molecule has 0 aliphatic heterocycles. The molecular formula is C24H22Cl3N3O5S. The molecule has 3 aromatic rings. The molecule has 0 saturated heterocycles. The van der Waals surface area contributed by atoms with Crippen molar-refractivity contribution in [2.75, 3.05) is 20.8 Å². The van der Waals surface area contributed by atoms with Crippen molar-refractivity contribution in [3.05, 3.63) is 86.9 Å². The number of hydrogen-bond donors (Lipinski definition) is 1. The number of amides is 1. The van der Waals surface area contributed by atoms with Crippen LogP contribution in [0.3, 0.4) is 0 Å². The molecule has 3 aromatic carbocycles. The largest absolute Gasteiger partial charge is 0.497 e. The van der Waals surface area contributed by atoms with Crippen LogP contribution in [0.1, 0.15) is 11.1 Å². The van der Waals surface area contributed by atoms with Crippen LogP contribution in [0.4, 0.5) is 0 Å². The number of rotatable bonds is 10. The van der Waals surface area contributed by atoms with E-state index in [-0.39, 0.29) is 16.5 Å². The molecule has 0 saturated carbocycles. The van der Waals surface area contributed by atoms with Gasteiger partial charge in [-0.3, -0.25) is 4.79 Å². The molecule has 0 radical (unpaired) electrons. The minimum absolute atomic E-state index is 0.0312. The predicted octanol–water partition coefficient (Wildman–Crippen LogP) is 5.01. The van der Waals surface area contributed by atoms with Crippen LogP contribution in [0.2, 0.25) is 15.1 Å². The van der Waals surface area contributed by atoms with Crippen LogP contribution in [0.15, 0.2) is 70.7 Å². The smallest absolute Gasteiger partial charge is 0.255 e. The van der Waals surface area contributed by atoms with E-state index in [1.165, 1.54) is 50.8 Å². The van der Waals surface area contributed by atoms with Crippen LogP contribution in [-0.2, 0) is 21.4 Å². The van der Waals surface area contributed by atoms with Gasteiger partial charge in [-0.2, -0.15) is 9.41 Å². The third kappa shape index (κ3) is 7.11. The van der Waals surface area contributed by atoms with Crippen LogP contribution in [0.5, 0.6) is 11.5 Å². The van der Waals surface area contributed by atoms with Crippen molar-refractivity contribution in [3.63, 3.8) is 0 Å². The summed E-state index contributed by atoms with van der Waals surface area (Å²) in [5, 5.41) is 4.98. The third-order valence-corrected chi connectivity index (χ3v) is 7.61. The van der Waals surface area contributed by atoms with Gasteiger partial charge in [0.15, 0.2) is 0 Å². The van der Waals surface area contributed by atoms with Crippen LogP contribution in [0.25, 0.3) is 0 Å². The fourth-order valence-corrected chi connectivity index (χ4v) is 5.08. The predicted molar refractivity (Wildman–Crippen MR) is 141 cm³/mol. The molecule has 8 nitrogen and oxygen atoms in total. The molecule has 36 heavy (non-hydrogen) atoms. The molecule has 0 fully saturated rings. The van der Waals surface area contributed by atoms with Crippen molar-refractivity contribution in [2.24, 2.45) is 5.10 Å². The minimum atomic E-state index is -4.10. The van der Waals surface area contributed by atoms with Crippen LogP contribution < -0.4 is 14.9 Å². The van der Waals surface area contributed by atoms with Gasteiger partial charge in [-0.1, -0.05) is 40.9 Å². The number of carbonyl (C=O) groups excluding carboxylic acids is 1. The highest BCUT2D eigenvalue weighted by Gasteiger charge is 2.27. The fraction of sp³-hybridized carbons (Fsp3) is 0.167. The van der Waals surface area contributed by atoms with Crippen LogP contribution in [-0.4, -0.2) is 45.6 Å². The van der Waals surface area contributed by atoms with Crippen molar-refractivity contribution in [3.8, 4) is 11.5 Å². The van der Waals surface area contributed by atoms with E-state index in [1.54, 1.807) is 30.3 Å². The number of nitrogens with zero attached hydrogens (tertiary/aromatic N) is 2. The van der Waals surface area contributed by atoms with Gasteiger partial charge in [0.2, 0.25) is 10.0 Å². The number of benzene rings is 3. The lowest BCUT2D eigenvalue weighted by Crippen LogP contribution is -2.39. The standard InChI is InChI=1S/C24H22Cl3N3O5S/c1-34-20-8-4-16(23(12-20)35-2)13-28-29-24(31)15-30(14-17-3-5-19(26)11-22(17)27)36(32,33)21-9-6-18(25)7-10-21/h3-13H,14-15H2,1-2H3,(H,29,31)/b28-13-. The van der Waals surface area contributed by atoms with Gasteiger partial charge in [-0.25, -0.2) is 13.8 Å². The van der Waals surface area contributed by atoms with Gasteiger partial charge in [0.1, 0.15) is 11.5 Å². The van der Waals surface area contributed by atoms with Gasteiger partial charge < -0.3 is 9.47 Å². The maximum Gasteiger partial charge on any atom is 0.255 e. The second-order valence-corrected chi connectivity index (χ2v) is 10.6. The van der Waals surface area contributed by atoms with E-state index in [9.17, 15) is 13.2 Å². The maximum atomic E-state index is 13.4. The van der Waals surface area contributed by atoms with Crippen molar-refractivity contribution < 1.29 is 22.7 Å². The topological polar surface area (TPSA) is 97.3 Å². The summed E-state index contributed by atoms with van der Waals surface area (Å²) in [4.78, 5) is 12.7. The number of ether oxygens (including phenoxy) is 2. The number of halogens is 3. The van der Waals surface area contributed by atoms with E-state index in [0.717, 1.165) is 4.31 Å². The van der Waals surface area contributed by atoms with Gasteiger partial charge in [0.25, 0.3) is 5.91 Å². The van der Waals surface area contributed by atoms with E-state index in [1.807, 2.05) is 0 Å². The van der Waals surface area contributed by atoms with E-state index < -0.39 is 22.5 Å². The summed E-state index contributed by atoms with van der Waals surface area (Å²) in [6.45, 7) is -0.703. The highest BCUT2D eigenvalue weighted by Crippen LogP contribution is 2.26. The Balaban J connectivity index is 1.82. The summed E-state index contributed by atoms with van der Waals surface area (Å²) in [5.74, 6) is 0.412. The number of carbonyl (C=O) groups is 1. The van der Waals surface area contributed by atoms with Crippen LogP contribution >= 0.6 is 34.8 Å². The van der Waals surface area contributed by atoms with Crippen LogP contribution in [0, 0.1) is 0 Å². The lowest BCUT2D eigenvalue weighted by atomic mass is 10.2. The highest BCUT2D eigenvalue weighted by molar-refractivity contribution is 7.89. The average molecular weight is 571 g/mol. The lowest BCUT2D eigenvalue weighted by Gasteiger charge is -2.22. The number of sulfonamides is 1. The van der Waals surface area contributed by atoms with Gasteiger partial charge in [-0.05, 0) is 54.1 Å². The molecule has 3 rings (SSSR count). The van der Waals surface area contributed by atoms with Gasteiger partial charge in [-0.15, -0.1) is 0 Å². The average Bonchev–Trinajstić information content (AvgIpc) is 2.85. The molecule has 0 atom stereocenters. The molecule has 0 aliphatic rings. The molecule has 0 bridgehead atoms. The Kier molecular flexibility index (Phi) is 9.58. The Labute approximate surface area is 224 Å². The Morgan fingerprint density at radius 1 is 0.972 bits per heavy atom. The first-order valence-corrected chi connectivity index (χ1v) is 12.9. The zero-order valence-electron chi connectivity index (χ0n) is 19.2. The first-order chi connectivity index (χ1) is 17.1. The molecule has 0 unspecified atom stereocenters. The van der Waals surface area contributed by atoms with E-state index in [4.69, 9.17) is 44.3 Å². The van der Waals surface area contributed by atoms with Gasteiger partial charge >= 0.3 is 0 Å². The highest BCUT2D eigenvalue weighted by atomic mass is 35.5. The quantitative estimate of drug-likeness (QED) is 0.273. The number of hydrazone groups is 1. The summed E-state index contributed by atoms with van der Waals surface area (Å²) in [6.07, 6.45) is 1.38. The Bertz CT molecular complexity index is 1370. The molecule has 0 aromatic heterocycles. The zero-order chi connectivity index (χ0) is 26.3. The van der Waals surface area contributed by atoms with Gasteiger partial charge in [0, 0.05) is 33.2 Å². The van der Waals surface area contributed by atoms with E-state index >= 15 is 0 Å². The summed E-state index contributed by atoms with van der Waals surface area (Å²) >= 11 is 18.1. The van der Waals surface area contributed by atoms with Crippen molar-refractivity contribution in [2.45, 2.75) is 11.4 Å². The summed E-state index contributed by atoms with van der Waals surface area (Å²) in [5.41, 5.74) is 3.40. The molecule has 0 aliphatic carbocycles. The lowest BCUT2D eigenvalue weighted by molar-refractivity contribution is -0.121. The zero-order valence-corrected chi connectivity index (χ0v) is 22.3. The fourth-order valence-electron chi connectivity index (χ4n) is 3.12. The van der Waals surface area contributed by atoms with E-state index in [2.05, 4.69) is 10.5 Å². The molecule has 190 valence electrons. The first kappa shape index (κ1) is 27.8. The Morgan fingerprint density at radius 2 is 1.67 bits per heavy atom. The van der Waals surface area contributed by atoms with Gasteiger partial charge in [0.05, 0.1) is 31.9 Å². The van der Waals surface area contributed by atoms with Crippen molar-refractivity contribution >= 4 is 56.9 Å². The minimum Gasteiger partial charge on any atom is -0.497 e. The molecule has 0 heterocycles. The summed E-state index contributed by atoms with van der Waals surface area (Å²) in [7, 11) is -1.07. The number of hydrogen-bond acceptors (Lipinski definition) is 6. The summed E-state index contributed by atoms with van der Waals surface area (Å²) < 4.78 is 38.2. The first-order valence-electron chi connectivity index (χ1n) is 10.4. The SMILES string of the molecule is COc1ccc(/C=N\NC(=O)CN(Cc2ccc(Cl)cc2Cl)S(=O)(=O)c2ccc(Cl)cc2)c(OC)c1. The Morgan fingerprint density at radius 3 is 2.31 bits per heavy atom. The van der Waals surface area contributed by atoms with Crippen molar-refractivity contribution in [1.82, 2.24) is 9.73 Å². The Hall–Kier alpha value is -2.82. The number of methoxy groups -OCH3 is 2. The van der Waals surface area contributed by atoms with Crippen molar-refractivity contribution in [1.29, 1.82) is 0 Å².